The number of aromatic nitrogens is 2. The Balaban J connectivity index is 1.23. The predicted octanol–water partition coefficient (Wildman–Crippen LogP) is 3.96. The van der Waals surface area contributed by atoms with Gasteiger partial charge in [0.05, 0.1) is 6.20 Å². The van der Waals surface area contributed by atoms with Gasteiger partial charge in [0.1, 0.15) is 28.8 Å². The molecule has 41 heavy (non-hydrogen) atoms. The number of carbonyl (C=O) groups is 2. The number of alkyl carbamates (subject to hydrolysis) is 1. The molecule has 2 aromatic rings. The molecule has 1 aromatic heterocycles. The fraction of sp³-hybridized carbons (Fsp3) is 0.567. The summed E-state index contributed by atoms with van der Waals surface area (Å²) < 4.78 is 11.1. The minimum Gasteiger partial charge on any atom is -0.483 e. The van der Waals surface area contributed by atoms with Gasteiger partial charge in [-0.15, -0.1) is 0 Å². The van der Waals surface area contributed by atoms with Crippen LogP contribution in [0.4, 0.5) is 16.6 Å². The minimum atomic E-state index is -0.548. The predicted molar refractivity (Wildman–Crippen MR) is 153 cm³/mol. The average Bonchev–Trinajstić information content (AvgIpc) is 2.90. The summed E-state index contributed by atoms with van der Waals surface area (Å²) in [6.45, 7) is 6.52. The molecule has 5 N–H and O–H groups in total. The third-order valence-corrected chi connectivity index (χ3v) is 8.40. The maximum atomic E-state index is 12.5. The largest absolute Gasteiger partial charge is 0.483 e. The molecule has 5 atom stereocenters. The van der Waals surface area contributed by atoms with Gasteiger partial charge < -0.3 is 31.2 Å². The summed E-state index contributed by atoms with van der Waals surface area (Å²) in [6.07, 6.45) is 6.65. The molecule has 4 fully saturated rings. The Labute approximate surface area is 240 Å². The molecule has 0 aliphatic heterocycles. The zero-order valence-corrected chi connectivity index (χ0v) is 23.9. The van der Waals surface area contributed by atoms with Gasteiger partial charge >= 0.3 is 6.09 Å². The molecule has 4 saturated carbocycles. The van der Waals surface area contributed by atoms with Crippen molar-refractivity contribution in [2.45, 2.75) is 71.1 Å². The van der Waals surface area contributed by atoms with Crippen molar-refractivity contribution in [3.8, 4) is 11.8 Å². The van der Waals surface area contributed by atoms with E-state index in [1.54, 1.807) is 6.07 Å². The highest BCUT2D eigenvalue weighted by Crippen LogP contribution is 2.60. The van der Waals surface area contributed by atoms with Crippen LogP contribution in [0.25, 0.3) is 0 Å². The monoisotopic (exact) mass is 561 g/mol. The molecule has 11 heteroatoms. The number of nitrogens with two attached hydrogens (primary N) is 1. The van der Waals surface area contributed by atoms with Crippen LogP contribution in [-0.2, 0) is 16.1 Å². The summed E-state index contributed by atoms with van der Waals surface area (Å²) in [5.74, 6) is 2.38. The van der Waals surface area contributed by atoms with Gasteiger partial charge in [0, 0.05) is 24.7 Å². The number of nitrogens with one attached hydrogen (secondary N) is 3. The van der Waals surface area contributed by atoms with Crippen molar-refractivity contribution in [1.29, 1.82) is 5.26 Å². The third-order valence-electron chi connectivity index (χ3n) is 8.40. The first-order chi connectivity index (χ1) is 19.5. The second kappa shape index (κ2) is 11.4. The first-order valence-electron chi connectivity index (χ1n) is 14.3. The second-order valence-electron chi connectivity index (χ2n) is 12.8. The highest BCUT2D eigenvalue weighted by molar-refractivity contribution is 5.75. The molecule has 0 radical (unpaired) electrons. The lowest BCUT2D eigenvalue weighted by atomic mass is 9.48. The Bertz CT molecular complexity index is 1320. The Kier molecular flexibility index (Phi) is 7.93. The molecule has 1 heterocycles. The smallest absolute Gasteiger partial charge is 0.407 e. The van der Waals surface area contributed by atoms with Gasteiger partial charge in [-0.1, -0.05) is 18.2 Å². The highest BCUT2D eigenvalue weighted by Gasteiger charge is 2.55. The summed E-state index contributed by atoms with van der Waals surface area (Å²) in [6, 6.07) is 9.69. The van der Waals surface area contributed by atoms with E-state index in [2.05, 4.69) is 32.0 Å². The molecular weight excluding hydrogens is 522 g/mol. The summed E-state index contributed by atoms with van der Waals surface area (Å²) >= 11 is 0. The number of amides is 2. The normalized spacial score (nSPS) is 26.1. The topological polar surface area (TPSA) is 164 Å². The Hall–Kier alpha value is -4.07. The number of ether oxygens (including phenoxy) is 2. The van der Waals surface area contributed by atoms with E-state index in [1.165, 1.54) is 6.20 Å². The fourth-order valence-electron chi connectivity index (χ4n) is 7.16. The van der Waals surface area contributed by atoms with Gasteiger partial charge in [-0.05, 0) is 82.1 Å². The van der Waals surface area contributed by atoms with Crippen LogP contribution in [-0.4, -0.2) is 46.8 Å². The minimum absolute atomic E-state index is 0.102. The Morgan fingerprint density at radius 2 is 1.88 bits per heavy atom. The van der Waals surface area contributed by atoms with Crippen LogP contribution in [0.15, 0.2) is 30.5 Å². The van der Waals surface area contributed by atoms with E-state index in [-0.39, 0.29) is 24.2 Å². The van der Waals surface area contributed by atoms with E-state index in [1.807, 2.05) is 39.0 Å². The first kappa shape index (κ1) is 28.5. The van der Waals surface area contributed by atoms with Crippen LogP contribution in [0.5, 0.6) is 5.75 Å². The SMILES string of the molecule is CC(C)(C)OC(=O)NC1[C@@H]2CC3C[C@H]1CC(CNc1nc(NCc4ccccc4OCC(N)=O)ncc1C#N)(C3)C2. The van der Waals surface area contributed by atoms with Crippen LogP contribution in [0.3, 0.4) is 0 Å². The number of hydrogen-bond donors (Lipinski definition) is 4. The van der Waals surface area contributed by atoms with E-state index in [0.29, 0.717) is 53.9 Å². The number of primary amides is 1. The number of rotatable bonds is 10. The number of carbonyl (C=O) groups excluding carboxylic acids is 2. The van der Waals surface area contributed by atoms with Crippen LogP contribution in [0.2, 0.25) is 0 Å². The molecule has 0 spiro atoms. The van der Waals surface area contributed by atoms with Crippen molar-refractivity contribution >= 4 is 23.8 Å². The quantitative estimate of drug-likeness (QED) is 0.336. The van der Waals surface area contributed by atoms with Crippen molar-refractivity contribution in [2.75, 3.05) is 23.8 Å². The maximum absolute atomic E-state index is 12.5. The van der Waals surface area contributed by atoms with Gasteiger partial charge in [-0.3, -0.25) is 4.79 Å². The van der Waals surface area contributed by atoms with Crippen LogP contribution in [0, 0.1) is 34.5 Å². The molecule has 11 nitrogen and oxygen atoms in total. The molecular formula is C30H39N7O4. The van der Waals surface area contributed by atoms with Gasteiger partial charge in [-0.25, -0.2) is 9.78 Å². The molecule has 6 rings (SSSR count). The van der Waals surface area contributed by atoms with Gasteiger partial charge in [-0.2, -0.15) is 10.2 Å². The van der Waals surface area contributed by atoms with Gasteiger partial charge in [0.15, 0.2) is 6.61 Å². The second-order valence-corrected chi connectivity index (χ2v) is 12.8. The molecule has 218 valence electrons. The lowest BCUT2D eigenvalue weighted by Crippen LogP contribution is -2.60. The Morgan fingerprint density at radius 3 is 2.56 bits per heavy atom. The van der Waals surface area contributed by atoms with Gasteiger partial charge in [0.2, 0.25) is 5.95 Å². The van der Waals surface area contributed by atoms with E-state index >= 15 is 0 Å². The lowest BCUT2D eigenvalue weighted by molar-refractivity contribution is -0.119. The number of benzene rings is 1. The van der Waals surface area contributed by atoms with Crippen molar-refractivity contribution in [2.24, 2.45) is 28.9 Å². The zero-order chi connectivity index (χ0) is 29.2. The van der Waals surface area contributed by atoms with Crippen molar-refractivity contribution in [3.05, 3.63) is 41.6 Å². The molecule has 4 aliphatic rings. The summed E-state index contributed by atoms with van der Waals surface area (Å²) in [5, 5.41) is 19.6. The highest BCUT2D eigenvalue weighted by atomic mass is 16.6. The number of anilines is 2. The summed E-state index contributed by atoms with van der Waals surface area (Å²) in [4.78, 5) is 32.6. The van der Waals surface area contributed by atoms with Crippen LogP contribution in [0.1, 0.15) is 64.0 Å². The summed E-state index contributed by atoms with van der Waals surface area (Å²) in [5.41, 5.74) is 6.00. The lowest BCUT2D eigenvalue weighted by Gasteiger charge is -2.60. The standard InChI is InChI=1S/C30H39N7O4/c1-29(2,3)41-28(39)36-25-20-8-18-9-21(25)12-30(10-18,11-20)17-35-26-22(13-31)15-34-27(37-26)33-14-19-6-4-5-7-23(19)40-16-24(32)38/h4-7,15,18,20-21,25H,8-12,14,16-17H2,1-3H3,(H2,32,38)(H,36,39)(H2,33,34,35,37)/t18?,20-,21+,25?,30?. The molecule has 0 saturated heterocycles. The van der Waals surface area contributed by atoms with Gasteiger partial charge in [0.25, 0.3) is 5.91 Å². The number of hydrogen-bond acceptors (Lipinski definition) is 9. The van der Waals surface area contributed by atoms with Crippen molar-refractivity contribution in [3.63, 3.8) is 0 Å². The van der Waals surface area contributed by atoms with Crippen molar-refractivity contribution < 1.29 is 19.1 Å². The van der Waals surface area contributed by atoms with Crippen LogP contribution >= 0.6 is 0 Å². The maximum Gasteiger partial charge on any atom is 0.407 e. The fourth-order valence-corrected chi connectivity index (χ4v) is 7.16. The van der Waals surface area contributed by atoms with Crippen molar-refractivity contribution in [1.82, 2.24) is 15.3 Å². The number of nitrogens with zero attached hydrogens (tertiary/aromatic N) is 3. The molecule has 2 amide bonds. The number of para-hydroxylation sites is 1. The van der Waals surface area contributed by atoms with Crippen LogP contribution < -0.4 is 26.4 Å². The van der Waals surface area contributed by atoms with E-state index in [0.717, 1.165) is 37.7 Å². The summed E-state index contributed by atoms with van der Waals surface area (Å²) in [7, 11) is 0. The van der Waals surface area contributed by atoms with E-state index < -0.39 is 11.5 Å². The number of nitriles is 1. The van der Waals surface area contributed by atoms with E-state index in [4.69, 9.17) is 15.2 Å². The molecule has 4 bridgehead atoms. The zero-order valence-electron chi connectivity index (χ0n) is 23.9. The molecule has 4 aliphatic carbocycles. The third kappa shape index (κ3) is 6.81. The average molecular weight is 562 g/mol. The Morgan fingerprint density at radius 1 is 1.15 bits per heavy atom. The van der Waals surface area contributed by atoms with E-state index in [9.17, 15) is 14.9 Å². The molecule has 1 aromatic carbocycles. The first-order valence-corrected chi connectivity index (χ1v) is 14.3. The molecule has 3 unspecified atom stereocenters.